The topological polar surface area (TPSA) is 33.1 Å². The molecule has 17 heavy (non-hydrogen) atoms. The molecule has 84 valence electrons. The molecule has 2 aromatic carbocycles. The van der Waals surface area contributed by atoms with Gasteiger partial charge in [0.1, 0.15) is 5.75 Å². The van der Waals surface area contributed by atoms with E-state index in [0.29, 0.717) is 4.47 Å². The van der Waals surface area contributed by atoms with Gasteiger partial charge < -0.3 is 5.11 Å². The van der Waals surface area contributed by atoms with Crippen molar-refractivity contribution < 1.29 is 5.11 Å². The first-order valence-electron chi connectivity index (χ1n) is 5.02. The number of rotatable bonds is 0. The Labute approximate surface area is 115 Å². The van der Waals surface area contributed by atoms with Crippen LogP contribution in [-0.2, 0) is 0 Å². The molecule has 0 saturated heterocycles. The smallest absolute Gasteiger partial charge is 0.139 e. The van der Waals surface area contributed by atoms with Gasteiger partial charge in [-0.1, -0.05) is 15.9 Å². The van der Waals surface area contributed by atoms with Crippen LogP contribution in [0, 0.1) is 0 Å². The van der Waals surface area contributed by atoms with Gasteiger partial charge >= 0.3 is 0 Å². The van der Waals surface area contributed by atoms with E-state index in [1.165, 1.54) is 0 Å². The molecule has 4 heteroatoms. The quantitative estimate of drug-likeness (QED) is 0.599. The van der Waals surface area contributed by atoms with Gasteiger partial charge in [0, 0.05) is 15.2 Å². The maximum atomic E-state index is 9.99. The summed E-state index contributed by atoms with van der Waals surface area (Å²) in [5, 5.41) is 11.7. The fourth-order valence-corrected chi connectivity index (χ4v) is 2.56. The Kier molecular flexibility index (Phi) is 2.56. The van der Waals surface area contributed by atoms with E-state index in [4.69, 9.17) is 0 Å². The van der Waals surface area contributed by atoms with Gasteiger partial charge in [0.2, 0.25) is 0 Å². The van der Waals surface area contributed by atoms with Crippen molar-refractivity contribution in [1.29, 1.82) is 0 Å². The van der Waals surface area contributed by atoms with E-state index in [1.807, 2.05) is 30.3 Å². The second kappa shape index (κ2) is 3.96. The number of phenols is 1. The average molecular weight is 353 g/mol. The first-order chi connectivity index (χ1) is 8.15. The number of pyridine rings is 1. The van der Waals surface area contributed by atoms with Crippen LogP contribution in [-0.4, -0.2) is 10.1 Å². The zero-order chi connectivity index (χ0) is 12.0. The van der Waals surface area contributed by atoms with Gasteiger partial charge in [-0.05, 0) is 52.3 Å². The van der Waals surface area contributed by atoms with Gasteiger partial charge in [0.25, 0.3) is 0 Å². The first-order valence-corrected chi connectivity index (χ1v) is 6.61. The Hall–Kier alpha value is -1.13. The van der Waals surface area contributed by atoms with Crippen molar-refractivity contribution in [3.8, 4) is 5.75 Å². The van der Waals surface area contributed by atoms with Crippen molar-refractivity contribution in [3.05, 3.63) is 45.3 Å². The summed E-state index contributed by atoms with van der Waals surface area (Å²) in [6, 6.07) is 11.5. The fourth-order valence-electron chi connectivity index (χ4n) is 1.84. The number of hydrogen-bond acceptors (Lipinski definition) is 2. The van der Waals surface area contributed by atoms with Gasteiger partial charge in [0.15, 0.2) is 0 Å². The average Bonchev–Trinajstić information content (AvgIpc) is 2.32. The largest absolute Gasteiger partial charge is 0.506 e. The number of nitrogens with zero attached hydrogens (tertiary/aromatic N) is 1. The summed E-state index contributed by atoms with van der Waals surface area (Å²) in [6.45, 7) is 0. The van der Waals surface area contributed by atoms with Gasteiger partial charge in [-0.3, -0.25) is 0 Å². The van der Waals surface area contributed by atoms with Crippen LogP contribution in [0.2, 0.25) is 0 Å². The van der Waals surface area contributed by atoms with E-state index in [0.717, 1.165) is 26.3 Å². The summed E-state index contributed by atoms with van der Waals surface area (Å²) < 4.78 is 1.68. The zero-order valence-corrected chi connectivity index (χ0v) is 11.8. The molecule has 1 aromatic heterocycles. The molecule has 0 radical (unpaired) electrons. The second-order valence-electron chi connectivity index (χ2n) is 3.79. The zero-order valence-electron chi connectivity index (χ0n) is 8.61. The minimum absolute atomic E-state index is 0.233. The fraction of sp³-hybridized carbons (Fsp3) is 0. The van der Waals surface area contributed by atoms with Crippen molar-refractivity contribution in [2.75, 3.05) is 0 Å². The predicted molar refractivity (Wildman–Crippen MR) is 76.3 cm³/mol. The number of benzene rings is 2. The van der Waals surface area contributed by atoms with Gasteiger partial charge in [-0.2, -0.15) is 0 Å². The van der Waals surface area contributed by atoms with Crippen LogP contribution in [0.15, 0.2) is 45.3 Å². The van der Waals surface area contributed by atoms with Crippen molar-refractivity contribution >= 4 is 53.7 Å². The van der Waals surface area contributed by atoms with E-state index in [-0.39, 0.29) is 5.75 Å². The molecule has 0 atom stereocenters. The SMILES string of the molecule is Oc1c(Br)ccc2nc3ccc(Br)cc3cc12. The lowest BCUT2D eigenvalue weighted by Crippen LogP contribution is -1.83. The highest BCUT2D eigenvalue weighted by Gasteiger charge is 2.07. The molecule has 2 nitrogen and oxygen atoms in total. The molecule has 0 aliphatic carbocycles. The third-order valence-electron chi connectivity index (χ3n) is 2.68. The molecule has 0 bridgehead atoms. The van der Waals surface area contributed by atoms with E-state index >= 15 is 0 Å². The number of aromatic nitrogens is 1. The Morgan fingerprint density at radius 1 is 0.941 bits per heavy atom. The van der Waals surface area contributed by atoms with Crippen LogP contribution in [0.1, 0.15) is 0 Å². The van der Waals surface area contributed by atoms with Crippen LogP contribution < -0.4 is 0 Å². The summed E-state index contributed by atoms with van der Waals surface area (Å²) in [5.74, 6) is 0.233. The highest BCUT2D eigenvalue weighted by Crippen LogP contribution is 2.33. The van der Waals surface area contributed by atoms with Crippen molar-refractivity contribution in [1.82, 2.24) is 4.98 Å². The Balaban J connectivity index is 2.48. The molecular formula is C13H7Br2NO. The van der Waals surface area contributed by atoms with E-state index in [9.17, 15) is 5.11 Å². The molecule has 0 spiro atoms. The monoisotopic (exact) mass is 351 g/mol. The Morgan fingerprint density at radius 2 is 1.71 bits per heavy atom. The minimum atomic E-state index is 0.233. The number of hydrogen-bond donors (Lipinski definition) is 1. The maximum absolute atomic E-state index is 9.99. The number of halogens is 2. The first kappa shape index (κ1) is 11.0. The normalized spacial score (nSPS) is 11.2. The maximum Gasteiger partial charge on any atom is 0.139 e. The molecule has 3 rings (SSSR count). The van der Waals surface area contributed by atoms with Gasteiger partial charge in [0.05, 0.1) is 15.5 Å². The van der Waals surface area contributed by atoms with Gasteiger partial charge in [-0.25, -0.2) is 4.98 Å². The van der Waals surface area contributed by atoms with E-state index in [1.54, 1.807) is 6.07 Å². The standard InChI is InChI=1S/C13H7Br2NO/c14-8-1-3-11-7(5-8)6-9-12(16-11)4-2-10(15)13(9)17/h1-6,17H. The van der Waals surface area contributed by atoms with Crippen molar-refractivity contribution in [2.24, 2.45) is 0 Å². The molecule has 0 unspecified atom stereocenters. The van der Waals surface area contributed by atoms with Crippen LogP contribution in [0.4, 0.5) is 0 Å². The molecule has 3 aromatic rings. The Morgan fingerprint density at radius 3 is 2.53 bits per heavy atom. The van der Waals surface area contributed by atoms with Crippen molar-refractivity contribution in [2.45, 2.75) is 0 Å². The highest BCUT2D eigenvalue weighted by molar-refractivity contribution is 9.10. The van der Waals surface area contributed by atoms with Crippen LogP contribution in [0.3, 0.4) is 0 Å². The summed E-state index contributed by atoms with van der Waals surface area (Å²) in [6.07, 6.45) is 0. The number of phenolic OH excluding ortho intramolecular Hbond substituents is 1. The number of aromatic hydroxyl groups is 1. The third-order valence-corrected chi connectivity index (χ3v) is 3.81. The lowest BCUT2D eigenvalue weighted by Gasteiger charge is -2.05. The highest BCUT2D eigenvalue weighted by atomic mass is 79.9. The molecule has 0 aliphatic rings. The summed E-state index contributed by atoms with van der Waals surface area (Å²) in [5.41, 5.74) is 1.71. The lowest BCUT2D eigenvalue weighted by atomic mass is 10.1. The van der Waals surface area contributed by atoms with Crippen LogP contribution >= 0.6 is 31.9 Å². The van der Waals surface area contributed by atoms with Crippen LogP contribution in [0.5, 0.6) is 5.75 Å². The number of fused-ring (bicyclic) bond motifs is 2. The minimum Gasteiger partial charge on any atom is -0.506 e. The molecular weight excluding hydrogens is 346 g/mol. The van der Waals surface area contributed by atoms with Crippen molar-refractivity contribution in [3.63, 3.8) is 0 Å². The molecule has 0 fully saturated rings. The Bertz CT molecular complexity index is 740. The molecule has 1 heterocycles. The predicted octanol–water partition coefficient (Wildman–Crippen LogP) is 4.62. The second-order valence-corrected chi connectivity index (χ2v) is 5.56. The lowest BCUT2D eigenvalue weighted by molar-refractivity contribution is 0.478. The van der Waals surface area contributed by atoms with Gasteiger partial charge in [-0.15, -0.1) is 0 Å². The van der Waals surface area contributed by atoms with E-state index < -0.39 is 0 Å². The molecule has 1 N–H and O–H groups in total. The summed E-state index contributed by atoms with van der Waals surface area (Å²) in [4.78, 5) is 4.52. The van der Waals surface area contributed by atoms with Crippen LogP contribution in [0.25, 0.3) is 21.8 Å². The third kappa shape index (κ3) is 1.81. The summed E-state index contributed by atoms with van der Waals surface area (Å²) >= 11 is 6.74. The molecule has 0 amide bonds. The molecule has 0 aliphatic heterocycles. The summed E-state index contributed by atoms with van der Waals surface area (Å²) in [7, 11) is 0. The molecule has 0 saturated carbocycles. The van der Waals surface area contributed by atoms with E-state index in [2.05, 4.69) is 36.8 Å².